The van der Waals surface area contributed by atoms with Gasteiger partial charge in [0, 0.05) is 40.3 Å². The highest BCUT2D eigenvalue weighted by Gasteiger charge is 2.45. The minimum absolute atomic E-state index is 0.0119. The number of carbonyl (C=O) groups excluding carboxylic acids is 1. The first kappa shape index (κ1) is 28.8. The highest BCUT2D eigenvalue weighted by molar-refractivity contribution is 6.33. The zero-order chi connectivity index (χ0) is 26.7. The SMILES string of the molecule is C\C(Cl)=C/C=C\C(Cl)=C\C(=O)N1CC2(CCCN(CCC(F)(F)F)CC2)c2cc(C(C)(C)C)ccc21. The first-order valence-electron chi connectivity index (χ1n) is 12.3. The number of rotatable bonds is 5. The molecule has 8 heteroatoms. The summed E-state index contributed by atoms with van der Waals surface area (Å²) >= 11 is 12.1. The lowest BCUT2D eigenvalue weighted by molar-refractivity contribution is -0.137. The van der Waals surface area contributed by atoms with E-state index in [0.29, 0.717) is 36.1 Å². The molecule has 0 N–H and O–H groups in total. The lowest BCUT2D eigenvalue weighted by atomic mass is 9.74. The third-order valence-corrected chi connectivity index (χ3v) is 7.40. The predicted molar refractivity (Wildman–Crippen MR) is 143 cm³/mol. The lowest BCUT2D eigenvalue weighted by Crippen LogP contribution is -2.37. The van der Waals surface area contributed by atoms with Crippen molar-refractivity contribution in [2.24, 2.45) is 0 Å². The molecular formula is C28H35Cl2F3N2O. The number of carbonyl (C=O) groups is 1. The number of alkyl halides is 3. The van der Waals surface area contributed by atoms with Crippen LogP contribution >= 0.6 is 23.2 Å². The molecule has 1 saturated heterocycles. The minimum Gasteiger partial charge on any atom is -0.308 e. The fourth-order valence-electron chi connectivity index (χ4n) is 5.03. The fourth-order valence-corrected chi connectivity index (χ4v) is 5.27. The quantitative estimate of drug-likeness (QED) is 0.279. The monoisotopic (exact) mass is 542 g/mol. The van der Waals surface area contributed by atoms with Gasteiger partial charge in [-0.05, 0) is 74.0 Å². The van der Waals surface area contributed by atoms with Crippen molar-refractivity contribution in [2.45, 2.75) is 70.4 Å². The second kappa shape index (κ2) is 11.3. The molecule has 1 amide bonds. The van der Waals surface area contributed by atoms with Crippen molar-refractivity contribution < 1.29 is 18.0 Å². The van der Waals surface area contributed by atoms with Gasteiger partial charge in [0.15, 0.2) is 0 Å². The summed E-state index contributed by atoms with van der Waals surface area (Å²) in [4.78, 5) is 17.0. The summed E-state index contributed by atoms with van der Waals surface area (Å²) < 4.78 is 38.5. The molecule has 1 aromatic carbocycles. The van der Waals surface area contributed by atoms with E-state index in [1.165, 1.54) is 11.6 Å². The molecule has 1 atom stereocenters. The van der Waals surface area contributed by atoms with E-state index in [1.807, 2.05) is 11.0 Å². The van der Waals surface area contributed by atoms with Gasteiger partial charge in [-0.1, -0.05) is 62.2 Å². The van der Waals surface area contributed by atoms with E-state index in [9.17, 15) is 18.0 Å². The molecule has 0 bridgehead atoms. The molecule has 0 radical (unpaired) electrons. The number of benzene rings is 1. The summed E-state index contributed by atoms with van der Waals surface area (Å²) in [6.45, 7) is 9.90. The Hall–Kier alpha value is -1.76. The third-order valence-electron chi connectivity index (χ3n) is 7.04. The summed E-state index contributed by atoms with van der Waals surface area (Å²) in [5, 5.41) is 0.895. The number of hydrogen-bond donors (Lipinski definition) is 0. The first-order chi connectivity index (χ1) is 16.7. The average molecular weight is 544 g/mol. The fraction of sp³-hybridized carbons (Fsp3) is 0.536. The van der Waals surface area contributed by atoms with Crippen LogP contribution < -0.4 is 4.90 Å². The molecule has 1 aromatic rings. The van der Waals surface area contributed by atoms with E-state index in [0.717, 1.165) is 24.1 Å². The second-order valence-corrected chi connectivity index (χ2v) is 11.9. The Balaban J connectivity index is 1.91. The summed E-state index contributed by atoms with van der Waals surface area (Å²) in [5.74, 6) is -0.212. The van der Waals surface area contributed by atoms with Gasteiger partial charge in [0.2, 0.25) is 0 Å². The van der Waals surface area contributed by atoms with Crippen molar-refractivity contribution >= 4 is 34.8 Å². The number of amides is 1. The van der Waals surface area contributed by atoms with Crippen molar-refractivity contribution in [1.82, 2.24) is 4.90 Å². The maximum absolute atomic E-state index is 13.3. The number of hydrogen-bond acceptors (Lipinski definition) is 2. The molecule has 0 aliphatic carbocycles. The highest BCUT2D eigenvalue weighted by atomic mass is 35.5. The maximum Gasteiger partial charge on any atom is 0.390 e. The lowest BCUT2D eigenvalue weighted by Gasteiger charge is -2.30. The van der Waals surface area contributed by atoms with Crippen molar-refractivity contribution in [3.05, 3.63) is 63.7 Å². The van der Waals surface area contributed by atoms with Gasteiger partial charge in [0.05, 0.1) is 6.42 Å². The number of fused-ring (bicyclic) bond motifs is 2. The molecule has 1 spiro atoms. The van der Waals surface area contributed by atoms with E-state index in [1.54, 1.807) is 30.1 Å². The molecule has 3 rings (SSSR count). The standard InChI is InChI=1S/C28H35Cl2F3N2O/c1-20(29)7-5-8-22(30)18-25(36)35-19-27(23-17-21(26(2,3)4)9-10-24(23)35)11-6-14-34(15-12-27)16-13-28(31,32)33/h5,7-10,17-18H,6,11-16,19H2,1-4H3/b8-5-,20-7+,22-18-. The zero-order valence-electron chi connectivity index (χ0n) is 21.4. The van der Waals surface area contributed by atoms with Crippen LogP contribution in [0.3, 0.4) is 0 Å². The molecule has 1 unspecified atom stereocenters. The van der Waals surface area contributed by atoms with E-state index in [2.05, 4.69) is 32.9 Å². The predicted octanol–water partition coefficient (Wildman–Crippen LogP) is 7.83. The van der Waals surface area contributed by atoms with Crippen LogP contribution in [0.1, 0.15) is 64.5 Å². The van der Waals surface area contributed by atoms with Gasteiger partial charge in [-0.15, -0.1) is 0 Å². The van der Waals surface area contributed by atoms with Crippen LogP contribution in [0.15, 0.2) is 52.6 Å². The Kier molecular flexibility index (Phi) is 9.06. The van der Waals surface area contributed by atoms with Gasteiger partial charge < -0.3 is 9.80 Å². The van der Waals surface area contributed by atoms with Crippen LogP contribution in [0, 0.1) is 0 Å². The molecule has 198 valence electrons. The Labute approximate surface area is 222 Å². The third kappa shape index (κ3) is 7.39. The number of nitrogens with zero attached hydrogens (tertiary/aromatic N) is 2. The summed E-state index contributed by atoms with van der Waals surface area (Å²) in [6, 6.07) is 6.27. The van der Waals surface area contributed by atoms with Crippen LogP contribution in [0.5, 0.6) is 0 Å². The van der Waals surface area contributed by atoms with Gasteiger partial charge in [-0.2, -0.15) is 13.2 Å². The number of likely N-dealkylation sites (tertiary alicyclic amines) is 1. The van der Waals surface area contributed by atoms with Crippen molar-refractivity contribution in [2.75, 3.05) is 31.1 Å². The van der Waals surface area contributed by atoms with Crippen molar-refractivity contribution in [3.63, 3.8) is 0 Å². The second-order valence-electron chi connectivity index (χ2n) is 10.9. The van der Waals surface area contributed by atoms with Crippen LogP contribution in [-0.2, 0) is 15.6 Å². The average Bonchev–Trinajstić information content (AvgIpc) is 2.92. The number of halogens is 5. The summed E-state index contributed by atoms with van der Waals surface area (Å²) in [5.41, 5.74) is 2.78. The molecule has 0 saturated carbocycles. The summed E-state index contributed by atoms with van der Waals surface area (Å²) in [7, 11) is 0. The molecule has 2 heterocycles. The van der Waals surface area contributed by atoms with Crippen molar-refractivity contribution in [3.8, 4) is 0 Å². The van der Waals surface area contributed by atoms with Crippen LogP contribution in [0.2, 0.25) is 0 Å². The highest BCUT2D eigenvalue weighted by Crippen LogP contribution is 2.48. The van der Waals surface area contributed by atoms with Crippen molar-refractivity contribution in [1.29, 1.82) is 0 Å². The largest absolute Gasteiger partial charge is 0.390 e. The van der Waals surface area contributed by atoms with E-state index in [-0.39, 0.29) is 23.3 Å². The molecule has 2 aliphatic heterocycles. The van der Waals surface area contributed by atoms with Crippen LogP contribution in [0.4, 0.5) is 18.9 Å². The zero-order valence-corrected chi connectivity index (χ0v) is 22.9. The molecule has 1 fully saturated rings. The first-order valence-corrected chi connectivity index (χ1v) is 13.1. The van der Waals surface area contributed by atoms with Gasteiger partial charge in [-0.3, -0.25) is 4.79 Å². The molecular weight excluding hydrogens is 508 g/mol. The van der Waals surface area contributed by atoms with Gasteiger partial charge in [-0.25, -0.2) is 0 Å². The molecule has 3 nitrogen and oxygen atoms in total. The number of anilines is 1. The normalized spacial score (nSPS) is 22.4. The molecule has 36 heavy (non-hydrogen) atoms. The Morgan fingerprint density at radius 2 is 1.86 bits per heavy atom. The molecule has 0 aromatic heterocycles. The Morgan fingerprint density at radius 3 is 2.50 bits per heavy atom. The van der Waals surface area contributed by atoms with Gasteiger partial charge >= 0.3 is 6.18 Å². The molecule has 2 aliphatic rings. The van der Waals surface area contributed by atoms with Crippen LogP contribution in [-0.4, -0.2) is 43.2 Å². The van der Waals surface area contributed by atoms with Gasteiger partial charge in [0.25, 0.3) is 5.91 Å². The van der Waals surface area contributed by atoms with E-state index in [4.69, 9.17) is 23.2 Å². The Morgan fingerprint density at radius 1 is 1.14 bits per heavy atom. The van der Waals surface area contributed by atoms with Crippen LogP contribution in [0.25, 0.3) is 0 Å². The smallest absolute Gasteiger partial charge is 0.308 e. The summed E-state index contributed by atoms with van der Waals surface area (Å²) in [6.07, 6.45) is 3.73. The van der Waals surface area contributed by atoms with Gasteiger partial charge in [0.1, 0.15) is 0 Å². The minimum atomic E-state index is -4.16. The van der Waals surface area contributed by atoms with E-state index >= 15 is 0 Å². The topological polar surface area (TPSA) is 23.6 Å². The maximum atomic E-state index is 13.3. The number of allylic oxidation sites excluding steroid dienone is 5. The van der Waals surface area contributed by atoms with E-state index < -0.39 is 12.6 Å². The Bertz CT molecular complexity index is 1050.